The second kappa shape index (κ2) is 3.39. The molecule has 0 saturated heterocycles. The van der Waals surface area contributed by atoms with Gasteiger partial charge in [0.2, 0.25) is 0 Å². The van der Waals surface area contributed by atoms with Gasteiger partial charge in [-0.3, -0.25) is 0 Å². The van der Waals surface area contributed by atoms with Crippen molar-refractivity contribution in [2.75, 3.05) is 5.73 Å². The molecular formula is C8H13N3S. The number of nitrogens with zero attached hydrogens (tertiary/aromatic N) is 2. The van der Waals surface area contributed by atoms with E-state index >= 15 is 0 Å². The van der Waals surface area contributed by atoms with Crippen molar-refractivity contribution in [1.29, 1.82) is 0 Å². The third-order valence-corrected chi connectivity index (χ3v) is 2.98. The third kappa shape index (κ3) is 1.58. The van der Waals surface area contributed by atoms with Crippen LogP contribution in [0.2, 0.25) is 0 Å². The quantitative estimate of drug-likeness (QED) is 0.726. The monoisotopic (exact) mass is 183 g/mol. The largest absolute Gasteiger partial charge is 0.374 e. The summed E-state index contributed by atoms with van der Waals surface area (Å²) in [5.74, 6) is 1.57. The second-order valence-electron chi connectivity index (χ2n) is 3.33. The summed E-state index contributed by atoms with van der Waals surface area (Å²) >= 11 is 1.31. The molecule has 0 spiro atoms. The van der Waals surface area contributed by atoms with Crippen molar-refractivity contribution in [3.8, 4) is 0 Å². The first-order valence-electron chi connectivity index (χ1n) is 4.45. The van der Waals surface area contributed by atoms with Gasteiger partial charge in [0, 0.05) is 17.5 Å². The van der Waals surface area contributed by atoms with Crippen molar-refractivity contribution in [3.63, 3.8) is 0 Å². The van der Waals surface area contributed by atoms with Crippen LogP contribution in [0.5, 0.6) is 0 Å². The number of anilines is 1. The van der Waals surface area contributed by atoms with Crippen LogP contribution in [0.15, 0.2) is 0 Å². The molecule has 0 unspecified atom stereocenters. The zero-order valence-corrected chi connectivity index (χ0v) is 7.81. The molecule has 0 atom stereocenters. The standard InChI is InChI=1S/C8H13N3S/c9-8-10-7(11-12-8)6-4-2-1-3-5-6/h6H,1-5H2,(H2,9,10,11). The smallest absolute Gasteiger partial charge is 0.199 e. The van der Waals surface area contributed by atoms with Crippen LogP contribution in [0, 0.1) is 0 Å². The predicted molar refractivity (Wildman–Crippen MR) is 50.1 cm³/mol. The van der Waals surface area contributed by atoms with Gasteiger partial charge >= 0.3 is 0 Å². The molecule has 12 heavy (non-hydrogen) atoms. The maximum Gasteiger partial charge on any atom is 0.199 e. The van der Waals surface area contributed by atoms with Crippen LogP contribution in [0.4, 0.5) is 5.13 Å². The first-order valence-corrected chi connectivity index (χ1v) is 5.22. The van der Waals surface area contributed by atoms with E-state index in [-0.39, 0.29) is 0 Å². The average Bonchev–Trinajstić information content (AvgIpc) is 2.54. The number of nitrogens with two attached hydrogens (primary N) is 1. The van der Waals surface area contributed by atoms with Crippen molar-refractivity contribution in [2.24, 2.45) is 0 Å². The first kappa shape index (κ1) is 7.98. The minimum atomic E-state index is 0.590. The summed E-state index contributed by atoms with van der Waals surface area (Å²) < 4.78 is 4.24. The molecule has 1 fully saturated rings. The lowest BCUT2D eigenvalue weighted by Gasteiger charge is -2.17. The Morgan fingerprint density at radius 1 is 1.25 bits per heavy atom. The number of rotatable bonds is 1. The molecular weight excluding hydrogens is 170 g/mol. The van der Waals surface area contributed by atoms with Crippen LogP contribution in [0.3, 0.4) is 0 Å². The predicted octanol–water partition coefficient (Wildman–Crippen LogP) is 2.17. The maximum absolute atomic E-state index is 5.53. The van der Waals surface area contributed by atoms with Gasteiger partial charge in [0.25, 0.3) is 0 Å². The molecule has 3 nitrogen and oxygen atoms in total. The molecule has 1 aromatic rings. The Hall–Kier alpha value is -0.640. The Morgan fingerprint density at radius 3 is 2.58 bits per heavy atom. The van der Waals surface area contributed by atoms with E-state index in [1.54, 1.807) is 0 Å². The van der Waals surface area contributed by atoms with E-state index in [0.29, 0.717) is 11.0 Å². The summed E-state index contributed by atoms with van der Waals surface area (Å²) in [6, 6.07) is 0. The molecule has 0 radical (unpaired) electrons. The van der Waals surface area contributed by atoms with Gasteiger partial charge in [0.1, 0.15) is 5.82 Å². The molecule has 1 aliphatic rings. The van der Waals surface area contributed by atoms with E-state index in [9.17, 15) is 0 Å². The minimum absolute atomic E-state index is 0.590. The molecule has 66 valence electrons. The van der Waals surface area contributed by atoms with Crippen molar-refractivity contribution in [3.05, 3.63) is 5.82 Å². The first-order chi connectivity index (χ1) is 5.86. The summed E-state index contributed by atoms with van der Waals surface area (Å²) in [7, 11) is 0. The van der Waals surface area contributed by atoms with Gasteiger partial charge in [-0.1, -0.05) is 19.3 Å². The maximum atomic E-state index is 5.53. The van der Waals surface area contributed by atoms with E-state index in [1.165, 1.54) is 43.6 Å². The Balaban J connectivity index is 2.08. The van der Waals surface area contributed by atoms with Crippen LogP contribution in [0.1, 0.15) is 43.8 Å². The summed E-state index contributed by atoms with van der Waals surface area (Å²) in [6.07, 6.45) is 6.51. The van der Waals surface area contributed by atoms with Crippen molar-refractivity contribution < 1.29 is 0 Å². The molecule has 4 heteroatoms. The fourth-order valence-electron chi connectivity index (χ4n) is 1.77. The molecule has 1 saturated carbocycles. The van der Waals surface area contributed by atoms with Gasteiger partial charge in [0.15, 0.2) is 5.13 Å². The van der Waals surface area contributed by atoms with E-state index in [1.807, 2.05) is 0 Å². The van der Waals surface area contributed by atoms with Crippen LogP contribution in [-0.4, -0.2) is 9.36 Å². The molecule has 1 heterocycles. The summed E-state index contributed by atoms with van der Waals surface area (Å²) in [4.78, 5) is 4.22. The molecule has 0 aliphatic heterocycles. The highest BCUT2D eigenvalue weighted by Crippen LogP contribution is 2.31. The summed E-state index contributed by atoms with van der Waals surface area (Å²) in [5, 5.41) is 0.607. The number of hydrogen-bond donors (Lipinski definition) is 1. The fraction of sp³-hybridized carbons (Fsp3) is 0.750. The second-order valence-corrected chi connectivity index (χ2v) is 4.11. The Kier molecular flexibility index (Phi) is 2.26. The van der Waals surface area contributed by atoms with E-state index in [2.05, 4.69) is 9.36 Å². The molecule has 2 rings (SSSR count). The average molecular weight is 183 g/mol. The lowest BCUT2D eigenvalue weighted by Crippen LogP contribution is -2.06. The van der Waals surface area contributed by atoms with E-state index in [0.717, 1.165) is 5.82 Å². The van der Waals surface area contributed by atoms with Crippen molar-refractivity contribution in [1.82, 2.24) is 9.36 Å². The molecule has 1 aliphatic carbocycles. The highest BCUT2D eigenvalue weighted by molar-refractivity contribution is 7.09. The zero-order valence-electron chi connectivity index (χ0n) is 6.99. The third-order valence-electron chi connectivity index (χ3n) is 2.43. The highest BCUT2D eigenvalue weighted by atomic mass is 32.1. The van der Waals surface area contributed by atoms with Gasteiger partial charge in [0.05, 0.1) is 0 Å². The number of aromatic nitrogens is 2. The Labute approximate surface area is 76.2 Å². The van der Waals surface area contributed by atoms with Gasteiger partial charge in [-0.05, 0) is 12.8 Å². The van der Waals surface area contributed by atoms with Crippen LogP contribution in [0.25, 0.3) is 0 Å². The van der Waals surface area contributed by atoms with E-state index in [4.69, 9.17) is 5.73 Å². The van der Waals surface area contributed by atoms with Gasteiger partial charge in [-0.25, -0.2) is 4.98 Å². The van der Waals surface area contributed by atoms with Gasteiger partial charge in [-0.15, -0.1) is 0 Å². The fourth-order valence-corrected chi connectivity index (χ4v) is 2.29. The highest BCUT2D eigenvalue weighted by Gasteiger charge is 2.18. The van der Waals surface area contributed by atoms with Gasteiger partial charge in [-0.2, -0.15) is 4.37 Å². The molecule has 0 aromatic carbocycles. The summed E-state index contributed by atoms with van der Waals surface area (Å²) in [6.45, 7) is 0. The zero-order chi connectivity index (χ0) is 8.39. The van der Waals surface area contributed by atoms with E-state index < -0.39 is 0 Å². The number of nitrogen functional groups attached to an aromatic ring is 1. The summed E-state index contributed by atoms with van der Waals surface area (Å²) in [5.41, 5.74) is 5.53. The lowest BCUT2D eigenvalue weighted by molar-refractivity contribution is 0.432. The molecule has 2 N–H and O–H groups in total. The topological polar surface area (TPSA) is 51.8 Å². The normalized spacial score (nSPS) is 19.7. The van der Waals surface area contributed by atoms with Crippen molar-refractivity contribution in [2.45, 2.75) is 38.0 Å². The van der Waals surface area contributed by atoms with Crippen LogP contribution >= 0.6 is 11.5 Å². The number of hydrogen-bond acceptors (Lipinski definition) is 4. The van der Waals surface area contributed by atoms with Gasteiger partial charge < -0.3 is 5.73 Å². The van der Waals surface area contributed by atoms with Crippen LogP contribution < -0.4 is 5.73 Å². The lowest BCUT2D eigenvalue weighted by atomic mass is 9.89. The minimum Gasteiger partial charge on any atom is -0.374 e. The van der Waals surface area contributed by atoms with Crippen molar-refractivity contribution >= 4 is 16.7 Å². The van der Waals surface area contributed by atoms with Crippen LogP contribution in [-0.2, 0) is 0 Å². The molecule has 0 bridgehead atoms. The SMILES string of the molecule is Nc1nc(C2CCCCC2)ns1. The molecule has 0 amide bonds. The Bertz CT molecular complexity index is 253. The molecule has 1 aromatic heterocycles. The Morgan fingerprint density at radius 2 is 2.00 bits per heavy atom.